The zero-order valence-corrected chi connectivity index (χ0v) is 20.5. The maximum atomic E-state index is 12.5. The Balaban J connectivity index is 1.70. The molecule has 0 aliphatic rings. The van der Waals surface area contributed by atoms with E-state index < -0.39 is 22.7 Å². The van der Waals surface area contributed by atoms with Gasteiger partial charge in [0.1, 0.15) is 5.56 Å². The number of carbonyl (C=O) groups is 3. The first-order valence-corrected chi connectivity index (χ1v) is 11.0. The fraction of sp³-hybridized carbons (Fsp3) is 0.154. The van der Waals surface area contributed by atoms with E-state index in [1.165, 1.54) is 43.5 Å². The van der Waals surface area contributed by atoms with Gasteiger partial charge in [-0.15, -0.1) is 0 Å². The molecule has 2 N–H and O–H groups in total. The van der Waals surface area contributed by atoms with Gasteiger partial charge in [0.2, 0.25) is 0 Å². The zero-order chi connectivity index (χ0) is 27.1. The Morgan fingerprint density at radius 3 is 2.35 bits per heavy atom. The van der Waals surface area contributed by atoms with Crippen molar-refractivity contribution in [2.75, 3.05) is 12.4 Å². The van der Waals surface area contributed by atoms with Crippen LogP contribution in [0.4, 0.5) is 11.4 Å². The molecule has 0 saturated carbocycles. The van der Waals surface area contributed by atoms with Crippen LogP contribution in [0.1, 0.15) is 34.0 Å². The van der Waals surface area contributed by atoms with Crippen LogP contribution in [0, 0.1) is 24.0 Å². The quantitative estimate of drug-likeness (QED) is 0.124. The number of ether oxygens (including phenoxy) is 2. The van der Waals surface area contributed by atoms with E-state index in [-0.39, 0.29) is 22.7 Å². The molecule has 0 spiro atoms. The number of methoxy groups -OCH3 is 1. The largest absolute Gasteiger partial charge is 0.493 e. The number of aryl methyl sites for hydroxylation is 2. The molecule has 3 aromatic carbocycles. The molecule has 0 atom stereocenters. The molecule has 3 aromatic rings. The maximum absolute atomic E-state index is 12.5. The Hall–Kier alpha value is -5.06. The van der Waals surface area contributed by atoms with Crippen molar-refractivity contribution < 1.29 is 28.8 Å². The van der Waals surface area contributed by atoms with E-state index in [0.29, 0.717) is 17.0 Å². The summed E-state index contributed by atoms with van der Waals surface area (Å²) >= 11 is 0. The van der Waals surface area contributed by atoms with E-state index in [0.717, 1.165) is 11.1 Å². The number of nitrogens with one attached hydrogen (secondary N) is 2. The number of nitrogens with zero attached hydrogens (tertiary/aromatic N) is 2. The number of hydrazone groups is 1. The Bertz CT molecular complexity index is 1420. The van der Waals surface area contributed by atoms with Gasteiger partial charge in [0.15, 0.2) is 11.5 Å². The lowest BCUT2D eigenvalue weighted by Gasteiger charge is -2.11. The van der Waals surface area contributed by atoms with Crippen LogP contribution in [-0.4, -0.2) is 35.5 Å². The van der Waals surface area contributed by atoms with Crippen LogP contribution in [0.2, 0.25) is 0 Å². The zero-order valence-electron chi connectivity index (χ0n) is 20.5. The third-order valence-electron chi connectivity index (χ3n) is 5.27. The molecular weight excluding hydrogens is 480 g/mol. The molecule has 37 heavy (non-hydrogen) atoms. The number of carbonyl (C=O) groups excluding carboxylic acids is 3. The van der Waals surface area contributed by atoms with E-state index >= 15 is 0 Å². The first-order valence-electron chi connectivity index (χ1n) is 11.0. The third kappa shape index (κ3) is 6.54. The average Bonchev–Trinajstić information content (AvgIpc) is 2.88. The summed E-state index contributed by atoms with van der Waals surface area (Å²) in [7, 11) is 1.35. The highest BCUT2D eigenvalue weighted by Crippen LogP contribution is 2.30. The van der Waals surface area contributed by atoms with Crippen LogP contribution in [-0.2, 0) is 9.59 Å². The first kappa shape index (κ1) is 26.5. The molecule has 190 valence electrons. The SMILES string of the molecule is COc1cc(C(C)=NNC(=O)C(=O)Nc2ccc(C)cc2C)ccc1OC(=O)c1ccccc1[N+](=O)[O-]. The predicted octanol–water partition coefficient (Wildman–Crippen LogP) is 3.92. The number of benzene rings is 3. The monoisotopic (exact) mass is 504 g/mol. The van der Waals surface area contributed by atoms with E-state index in [2.05, 4.69) is 15.8 Å². The summed E-state index contributed by atoms with van der Waals surface area (Å²) in [6.07, 6.45) is 0. The Morgan fingerprint density at radius 2 is 1.68 bits per heavy atom. The van der Waals surface area contributed by atoms with Gasteiger partial charge in [0.05, 0.1) is 17.7 Å². The van der Waals surface area contributed by atoms with Gasteiger partial charge < -0.3 is 14.8 Å². The molecule has 0 unspecified atom stereocenters. The summed E-state index contributed by atoms with van der Waals surface area (Å²) in [4.78, 5) is 47.5. The lowest BCUT2D eigenvalue weighted by Crippen LogP contribution is -2.33. The summed E-state index contributed by atoms with van der Waals surface area (Å²) in [6.45, 7) is 5.33. The summed E-state index contributed by atoms with van der Waals surface area (Å²) in [5.74, 6) is -2.58. The van der Waals surface area contributed by atoms with Crippen molar-refractivity contribution in [3.63, 3.8) is 0 Å². The van der Waals surface area contributed by atoms with Crippen molar-refractivity contribution in [2.45, 2.75) is 20.8 Å². The lowest BCUT2D eigenvalue weighted by atomic mass is 10.1. The molecule has 2 amide bonds. The van der Waals surface area contributed by atoms with Crippen LogP contribution in [0.25, 0.3) is 0 Å². The second-order valence-electron chi connectivity index (χ2n) is 7.94. The minimum absolute atomic E-state index is 0.0269. The number of esters is 1. The molecule has 3 rings (SSSR count). The molecule has 0 fully saturated rings. The number of anilines is 1. The highest BCUT2D eigenvalue weighted by molar-refractivity contribution is 6.39. The van der Waals surface area contributed by atoms with Crippen LogP contribution < -0.4 is 20.2 Å². The fourth-order valence-corrected chi connectivity index (χ4v) is 3.32. The van der Waals surface area contributed by atoms with Crippen molar-refractivity contribution in [3.8, 4) is 11.5 Å². The number of nitro benzene ring substituents is 1. The molecule has 0 aromatic heterocycles. The predicted molar refractivity (Wildman–Crippen MR) is 136 cm³/mol. The van der Waals surface area contributed by atoms with Crippen LogP contribution in [0.3, 0.4) is 0 Å². The number of para-hydroxylation sites is 1. The van der Waals surface area contributed by atoms with Gasteiger partial charge in [-0.2, -0.15) is 5.10 Å². The first-order chi connectivity index (χ1) is 17.6. The van der Waals surface area contributed by atoms with Crippen molar-refractivity contribution in [3.05, 3.63) is 93.0 Å². The van der Waals surface area contributed by atoms with Gasteiger partial charge in [-0.3, -0.25) is 19.7 Å². The topological polar surface area (TPSA) is 149 Å². The molecule has 11 nitrogen and oxygen atoms in total. The van der Waals surface area contributed by atoms with Crippen molar-refractivity contribution >= 4 is 34.9 Å². The summed E-state index contributed by atoms with van der Waals surface area (Å²) in [6, 6.07) is 15.3. The van der Waals surface area contributed by atoms with E-state index in [4.69, 9.17) is 9.47 Å². The van der Waals surface area contributed by atoms with Gasteiger partial charge in [-0.1, -0.05) is 29.8 Å². The summed E-state index contributed by atoms with van der Waals surface area (Å²) in [5, 5.41) is 17.7. The average molecular weight is 504 g/mol. The highest BCUT2D eigenvalue weighted by Gasteiger charge is 2.22. The molecule has 11 heteroatoms. The van der Waals surface area contributed by atoms with Crippen molar-refractivity contribution in [1.29, 1.82) is 0 Å². The fourth-order valence-electron chi connectivity index (χ4n) is 3.32. The standard InChI is InChI=1S/C26H24N4O7/c1-15-9-11-20(16(2)13-15)27-24(31)25(32)29-28-17(3)18-10-12-22(23(14-18)36-4)37-26(33)19-7-5-6-8-21(19)30(34)35/h5-14H,1-4H3,(H,27,31)(H,29,32). The van der Waals surface area contributed by atoms with E-state index in [1.54, 1.807) is 19.1 Å². The number of amides is 2. The number of hydrogen-bond donors (Lipinski definition) is 2. The second kappa shape index (κ2) is 11.6. The van der Waals surface area contributed by atoms with Gasteiger partial charge in [0, 0.05) is 17.3 Å². The summed E-state index contributed by atoms with van der Waals surface area (Å²) in [5.41, 5.74) is 4.80. The molecule has 0 saturated heterocycles. The Morgan fingerprint density at radius 1 is 0.946 bits per heavy atom. The molecule has 0 radical (unpaired) electrons. The van der Waals surface area contributed by atoms with E-state index in [1.807, 2.05) is 26.0 Å². The van der Waals surface area contributed by atoms with Crippen LogP contribution in [0.5, 0.6) is 11.5 Å². The normalized spacial score (nSPS) is 10.9. The minimum atomic E-state index is -0.957. The van der Waals surface area contributed by atoms with Crippen molar-refractivity contribution in [2.24, 2.45) is 5.10 Å². The third-order valence-corrected chi connectivity index (χ3v) is 5.27. The minimum Gasteiger partial charge on any atom is -0.493 e. The smallest absolute Gasteiger partial charge is 0.350 e. The van der Waals surface area contributed by atoms with Gasteiger partial charge >= 0.3 is 17.8 Å². The van der Waals surface area contributed by atoms with Gasteiger partial charge in [0.25, 0.3) is 5.69 Å². The molecular formula is C26H24N4O7. The van der Waals surface area contributed by atoms with Crippen molar-refractivity contribution in [1.82, 2.24) is 5.43 Å². The molecule has 0 aliphatic carbocycles. The van der Waals surface area contributed by atoms with E-state index in [9.17, 15) is 24.5 Å². The van der Waals surface area contributed by atoms with Crippen LogP contribution in [0.15, 0.2) is 65.8 Å². The van der Waals surface area contributed by atoms with Crippen LogP contribution >= 0.6 is 0 Å². The molecule has 0 bridgehead atoms. The number of nitro groups is 1. The number of rotatable bonds is 7. The second-order valence-corrected chi connectivity index (χ2v) is 7.94. The maximum Gasteiger partial charge on any atom is 0.350 e. The summed E-state index contributed by atoms with van der Waals surface area (Å²) < 4.78 is 10.6. The molecule has 0 heterocycles. The number of hydrogen-bond acceptors (Lipinski definition) is 8. The highest BCUT2D eigenvalue weighted by atomic mass is 16.6. The molecule has 0 aliphatic heterocycles. The Kier molecular flexibility index (Phi) is 8.31. The lowest BCUT2D eigenvalue weighted by molar-refractivity contribution is -0.385. The Labute approximate surface area is 212 Å². The van der Waals surface area contributed by atoms with Gasteiger partial charge in [-0.25, -0.2) is 10.2 Å². The van der Waals surface area contributed by atoms with Gasteiger partial charge in [-0.05, 0) is 56.7 Å².